The minimum absolute atomic E-state index is 0.0757. The van der Waals surface area contributed by atoms with Gasteiger partial charge in [-0.2, -0.15) is 4.98 Å². The van der Waals surface area contributed by atoms with E-state index in [0.717, 1.165) is 6.42 Å². The van der Waals surface area contributed by atoms with E-state index in [1.165, 1.54) is 0 Å². The van der Waals surface area contributed by atoms with Gasteiger partial charge in [0, 0.05) is 19.4 Å². The zero-order valence-corrected chi connectivity index (χ0v) is 11.6. The molecule has 112 valence electrons. The van der Waals surface area contributed by atoms with Crippen molar-refractivity contribution in [1.82, 2.24) is 10.1 Å². The number of aromatic nitrogens is 2. The average Bonchev–Trinajstić information content (AvgIpc) is 3.07. The lowest BCUT2D eigenvalue weighted by Gasteiger charge is -2.02. The standard InChI is InChI=1S/C13H20N2O5/c1-18-6-7-19-5-4-11-14-12(20-15-11)9-2-3-10(8-9)13(16)17/h9-10H,2-8H2,1H3,(H,16,17). The minimum atomic E-state index is -0.737. The summed E-state index contributed by atoms with van der Waals surface area (Å²) in [5, 5.41) is 12.9. The third-order valence-corrected chi connectivity index (χ3v) is 3.52. The fourth-order valence-electron chi connectivity index (χ4n) is 2.37. The summed E-state index contributed by atoms with van der Waals surface area (Å²) in [7, 11) is 1.63. The zero-order valence-electron chi connectivity index (χ0n) is 11.6. The molecule has 1 saturated carbocycles. The lowest BCUT2D eigenvalue weighted by molar-refractivity contribution is -0.141. The number of hydrogen-bond donors (Lipinski definition) is 1. The van der Waals surface area contributed by atoms with Crippen molar-refractivity contribution in [3.63, 3.8) is 0 Å². The second kappa shape index (κ2) is 7.35. The van der Waals surface area contributed by atoms with Crippen LogP contribution in [0.1, 0.15) is 36.9 Å². The van der Waals surface area contributed by atoms with Gasteiger partial charge < -0.3 is 19.1 Å². The van der Waals surface area contributed by atoms with Gasteiger partial charge in [0.15, 0.2) is 5.82 Å². The molecule has 0 aliphatic heterocycles. The first-order valence-electron chi connectivity index (χ1n) is 6.82. The summed E-state index contributed by atoms with van der Waals surface area (Å²) in [5.41, 5.74) is 0. The van der Waals surface area contributed by atoms with Gasteiger partial charge in [-0.3, -0.25) is 4.79 Å². The van der Waals surface area contributed by atoms with E-state index in [-0.39, 0.29) is 11.8 Å². The van der Waals surface area contributed by atoms with E-state index < -0.39 is 5.97 Å². The highest BCUT2D eigenvalue weighted by molar-refractivity contribution is 5.70. The summed E-state index contributed by atoms with van der Waals surface area (Å²) >= 11 is 0. The van der Waals surface area contributed by atoms with E-state index in [0.29, 0.717) is 50.8 Å². The van der Waals surface area contributed by atoms with Crippen molar-refractivity contribution in [2.24, 2.45) is 5.92 Å². The summed E-state index contributed by atoms with van der Waals surface area (Å²) in [4.78, 5) is 15.2. The Morgan fingerprint density at radius 3 is 2.95 bits per heavy atom. The van der Waals surface area contributed by atoms with Gasteiger partial charge in [0.1, 0.15) is 0 Å². The Balaban J connectivity index is 1.76. The molecular weight excluding hydrogens is 264 g/mol. The molecule has 1 fully saturated rings. The molecule has 1 heterocycles. The molecular formula is C13H20N2O5. The monoisotopic (exact) mass is 284 g/mol. The van der Waals surface area contributed by atoms with Crippen molar-refractivity contribution < 1.29 is 23.9 Å². The predicted octanol–water partition coefficient (Wildman–Crippen LogP) is 1.24. The topological polar surface area (TPSA) is 94.7 Å². The fourth-order valence-corrected chi connectivity index (χ4v) is 2.37. The summed E-state index contributed by atoms with van der Waals surface area (Å²) in [5.74, 6) is 0.218. The van der Waals surface area contributed by atoms with Gasteiger partial charge in [-0.05, 0) is 19.3 Å². The highest BCUT2D eigenvalue weighted by Gasteiger charge is 2.33. The summed E-state index contributed by atoms with van der Waals surface area (Å²) in [6.45, 7) is 1.63. The van der Waals surface area contributed by atoms with Crippen LogP contribution in [0.25, 0.3) is 0 Å². The number of carboxylic acids is 1. The normalized spacial score (nSPS) is 22.2. The molecule has 7 heteroatoms. The van der Waals surface area contributed by atoms with Gasteiger partial charge in [-0.1, -0.05) is 5.16 Å². The van der Waals surface area contributed by atoms with E-state index in [4.69, 9.17) is 19.1 Å². The Bertz CT molecular complexity index is 434. The number of nitrogens with zero attached hydrogens (tertiary/aromatic N) is 2. The lowest BCUT2D eigenvalue weighted by atomic mass is 10.1. The van der Waals surface area contributed by atoms with E-state index in [1.54, 1.807) is 7.11 Å². The molecule has 0 amide bonds. The largest absolute Gasteiger partial charge is 0.481 e. The first-order chi connectivity index (χ1) is 9.70. The molecule has 1 aromatic heterocycles. The third-order valence-electron chi connectivity index (χ3n) is 3.52. The maximum absolute atomic E-state index is 10.9. The van der Waals surface area contributed by atoms with Gasteiger partial charge in [0.2, 0.25) is 5.89 Å². The summed E-state index contributed by atoms with van der Waals surface area (Å²) in [6, 6.07) is 0. The first kappa shape index (κ1) is 14.9. The lowest BCUT2D eigenvalue weighted by Crippen LogP contribution is -2.09. The molecule has 1 aliphatic carbocycles. The fraction of sp³-hybridized carbons (Fsp3) is 0.769. The highest BCUT2D eigenvalue weighted by atomic mass is 16.5. The van der Waals surface area contributed by atoms with Crippen molar-refractivity contribution in [3.05, 3.63) is 11.7 Å². The van der Waals surface area contributed by atoms with Crippen molar-refractivity contribution in [2.45, 2.75) is 31.6 Å². The van der Waals surface area contributed by atoms with Crippen LogP contribution < -0.4 is 0 Å². The van der Waals surface area contributed by atoms with Crippen molar-refractivity contribution in [1.29, 1.82) is 0 Å². The quantitative estimate of drug-likeness (QED) is 0.717. The van der Waals surface area contributed by atoms with Gasteiger partial charge in [-0.25, -0.2) is 0 Å². The molecule has 0 bridgehead atoms. The summed E-state index contributed by atoms with van der Waals surface area (Å²) < 4.78 is 15.4. The van der Waals surface area contributed by atoms with Crippen LogP contribution in [0.4, 0.5) is 0 Å². The Labute approximate surface area is 117 Å². The SMILES string of the molecule is COCCOCCc1noc(C2CCC(C(=O)O)C2)n1. The van der Waals surface area contributed by atoms with Crippen molar-refractivity contribution >= 4 is 5.97 Å². The number of carbonyl (C=O) groups is 1. The smallest absolute Gasteiger partial charge is 0.306 e. The van der Waals surface area contributed by atoms with Crippen LogP contribution in [0, 0.1) is 5.92 Å². The molecule has 0 saturated heterocycles. The van der Waals surface area contributed by atoms with E-state index >= 15 is 0 Å². The number of rotatable bonds is 8. The highest BCUT2D eigenvalue weighted by Crippen LogP contribution is 2.37. The molecule has 0 aromatic carbocycles. The molecule has 1 aromatic rings. The Morgan fingerprint density at radius 1 is 1.40 bits per heavy atom. The van der Waals surface area contributed by atoms with Gasteiger partial charge in [0.25, 0.3) is 0 Å². The van der Waals surface area contributed by atoms with Crippen molar-refractivity contribution in [3.8, 4) is 0 Å². The van der Waals surface area contributed by atoms with Gasteiger partial charge in [0.05, 0.1) is 25.7 Å². The zero-order chi connectivity index (χ0) is 14.4. The Morgan fingerprint density at radius 2 is 2.25 bits per heavy atom. The molecule has 2 rings (SSSR count). The van der Waals surface area contributed by atoms with Crippen LogP contribution in [0.3, 0.4) is 0 Å². The molecule has 1 N–H and O–H groups in total. The predicted molar refractivity (Wildman–Crippen MR) is 68.4 cm³/mol. The Hall–Kier alpha value is -1.47. The van der Waals surface area contributed by atoms with Crippen LogP contribution >= 0.6 is 0 Å². The van der Waals surface area contributed by atoms with Crippen LogP contribution in [-0.4, -0.2) is 48.1 Å². The van der Waals surface area contributed by atoms with Crippen LogP contribution in [0.5, 0.6) is 0 Å². The number of ether oxygens (including phenoxy) is 2. The first-order valence-corrected chi connectivity index (χ1v) is 6.82. The molecule has 2 unspecified atom stereocenters. The number of aliphatic carboxylic acids is 1. The van der Waals surface area contributed by atoms with Crippen LogP contribution in [0.15, 0.2) is 4.52 Å². The number of carboxylic acid groups (broad SMARTS) is 1. The van der Waals surface area contributed by atoms with Crippen LogP contribution in [0.2, 0.25) is 0 Å². The molecule has 0 radical (unpaired) electrons. The third kappa shape index (κ3) is 4.01. The van der Waals surface area contributed by atoms with E-state index in [2.05, 4.69) is 10.1 Å². The average molecular weight is 284 g/mol. The van der Waals surface area contributed by atoms with Gasteiger partial charge in [-0.15, -0.1) is 0 Å². The van der Waals surface area contributed by atoms with Crippen LogP contribution in [-0.2, 0) is 20.7 Å². The number of hydrogen-bond acceptors (Lipinski definition) is 6. The molecule has 7 nitrogen and oxygen atoms in total. The van der Waals surface area contributed by atoms with Gasteiger partial charge >= 0.3 is 5.97 Å². The molecule has 1 aliphatic rings. The molecule has 20 heavy (non-hydrogen) atoms. The number of methoxy groups -OCH3 is 1. The Kier molecular flexibility index (Phi) is 5.49. The van der Waals surface area contributed by atoms with E-state index in [1.807, 2.05) is 0 Å². The maximum atomic E-state index is 10.9. The second-order valence-corrected chi connectivity index (χ2v) is 4.95. The second-order valence-electron chi connectivity index (χ2n) is 4.95. The minimum Gasteiger partial charge on any atom is -0.481 e. The van der Waals surface area contributed by atoms with Crippen molar-refractivity contribution in [2.75, 3.05) is 26.9 Å². The van der Waals surface area contributed by atoms with E-state index in [9.17, 15) is 4.79 Å². The maximum Gasteiger partial charge on any atom is 0.306 e. The molecule has 0 spiro atoms. The molecule has 2 atom stereocenters. The summed E-state index contributed by atoms with van der Waals surface area (Å²) in [6.07, 6.45) is 2.64.